The molecular weight excluding hydrogens is 442 g/mol. The highest BCUT2D eigenvalue weighted by Gasteiger charge is 2.15. The number of methoxy groups -OCH3 is 1. The summed E-state index contributed by atoms with van der Waals surface area (Å²) in [6.07, 6.45) is 0. The van der Waals surface area contributed by atoms with Crippen molar-refractivity contribution in [2.24, 2.45) is 0 Å². The molecule has 0 bridgehead atoms. The van der Waals surface area contributed by atoms with Gasteiger partial charge in [-0.1, -0.05) is 30.3 Å². The molecule has 0 spiro atoms. The topological polar surface area (TPSA) is 76.4 Å². The molecule has 0 aliphatic rings. The van der Waals surface area contributed by atoms with Crippen LogP contribution in [0.25, 0.3) is 31.8 Å². The maximum Gasteiger partial charge on any atom is 0.293 e. The van der Waals surface area contributed by atoms with Crippen LogP contribution in [-0.4, -0.2) is 23.1 Å². The normalized spacial score (nSPS) is 10.9. The van der Waals surface area contributed by atoms with E-state index < -0.39 is 5.91 Å². The molecule has 0 unspecified atom stereocenters. The van der Waals surface area contributed by atoms with Crippen molar-refractivity contribution in [2.75, 3.05) is 12.4 Å². The Morgan fingerprint density at radius 3 is 2.69 bits per heavy atom. The van der Waals surface area contributed by atoms with Crippen molar-refractivity contribution in [2.45, 2.75) is 0 Å². The Labute approximate surface area is 192 Å². The molecular formula is C24H17N3O3S2. The number of para-hydroxylation sites is 2. The van der Waals surface area contributed by atoms with E-state index in [9.17, 15) is 4.79 Å². The van der Waals surface area contributed by atoms with E-state index >= 15 is 0 Å². The third-order valence-electron chi connectivity index (χ3n) is 4.86. The van der Waals surface area contributed by atoms with Crippen LogP contribution < -0.4 is 15.4 Å². The molecule has 2 heterocycles. The molecule has 2 aromatic heterocycles. The van der Waals surface area contributed by atoms with Crippen molar-refractivity contribution < 1.29 is 13.9 Å². The molecule has 0 aliphatic carbocycles. The summed E-state index contributed by atoms with van der Waals surface area (Å²) in [5.41, 5.74) is 3.13. The summed E-state index contributed by atoms with van der Waals surface area (Å²) in [5, 5.41) is 7.57. The van der Waals surface area contributed by atoms with Gasteiger partial charge in [-0.25, -0.2) is 4.98 Å². The van der Waals surface area contributed by atoms with Crippen molar-refractivity contribution >= 4 is 61.4 Å². The molecule has 2 N–H and O–H groups in total. The maximum absolute atomic E-state index is 12.6. The van der Waals surface area contributed by atoms with Gasteiger partial charge in [0.05, 0.1) is 23.0 Å². The predicted molar refractivity (Wildman–Crippen MR) is 132 cm³/mol. The van der Waals surface area contributed by atoms with Gasteiger partial charge in [0.2, 0.25) is 0 Å². The van der Waals surface area contributed by atoms with E-state index in [1.54, 1.807) is 30.6 Å². The van der Waals surface area contributed by atoms with Gasteiger partial charge in [-0.2, -0.15) is 0 Å². The van der Waals surface area contributed by atoms with Gasteiger partial charge in [-0.3, -0.25) is 10.1 Å². The van der Waals surface area contributed by atoms with E-state index in [0.717, 1.165) is 26.2 Å². The Morgan fingerprint density at radius 1 is 1.06 bits per heavy atom. The number of amides is 1. The summed E-state index contributed by atoms with van der Waals surface area (Å²) in [7, 11) is 1.58. The lowest BCUT2D eigenvalue weighted by molar-refractivity contribution is 0.0953. The smallest absolute Gasteiger partial charge is 0.293 e. The van der Waals surface area contributed by atoms with E-state index in [2.05, 4.69) is 10.6 Å². The number of thiocarbonyl (C=S) groups is 1. The number of thiazole rings is 1. The molecule has 0 aliphatic heterocycles. The van der Waals surface area contributed by atoms with Gasteiger partial charge in [0.15, 0.2) is 10.9 Å². The summed E-state index contributed by atoms with van der Waals surface area (Å²) in [5.74, 6) is 0.348. The summed E-state index contributed by atoms with van der Waals surface area (Å²) < 4.78 is 12.2. The number of hydrogen-bond acceptors (Lipinski definition) is 6. The fourth-order valence-corrected chi connectivity index (χ4v) is 4.51. The molecule has 0 radical (unpaired) electrons. The van der Waals surface area contributed by atoms with Crippen LogP contribution in [-0.2, 0) is 0 Å². The quantitative estimate of drug-likeness (QED) is 0.329. The van der Waals surface area contributed by atoms with Crippen molar-refractivity contribution in [3.05, 3.63) is 78.6 Å². The van der Waals surface area contributed by atoms with Crippen LogP contribution in [0.2, 0.25) is 0 Å². The van der Waals surface area contributed by atoms with Crippen molar-refractivity contribution in [1.29, 1.82) is 0 Å². The molecule has 0 saturated carbocycles. The molecule has 32 heavy (non-hydrogen) atoms. The van der Waals surface area contributed by atoms with Crippen molar-refractivity contribution in [3.63, 3.8) is 0 Å². The van der Waals surface area contributed by atoms with Gasteiger partial charge in [-0.05, 0) is 54.7 Å². The van der Waals surface area contributed by atoms with E-state index in [1.807, 2.05) is 60.7 Å². The third-order valence-corrected chi connectivity index (χ3v) is 6.15. The van der Waals surface area contributed by atoms with Crippen LogP contribution in [0.15, 0.2) is 77.2 Å². The van der Waals surface area contributed by atoms with Gasteiger partial charge in [0.1, 0.15) is 16.3 Å². The van der Waals surface area contributed by atoms with E-state index in [4.69, 9.17) is 26.4 Å². The summed E-state index contributed by atoms with van der Waals surface area (Å²) in [6, 6.07) is 22.8. The van der Waals surface area contributed by atoms with Gasteiger partial charge in [-0.15, -0.1) is 11.3 Å². The molecule has 1 amide bonds. The summed E-state index contributed by atoms with van der Waals surface area (Å²) in [6.45, 7) is 0. The predicted octanol–water partition coefficient (Wildman–Crippen LogP) is 5.84. The monoisotopic (exact) mass is 459 g/mol. The highest BCUT2D eigenvalue weighted by atomic mass is 32.1. The fourth-order valence-electron chi connectivity index (χ4n) is 3.35. The standard InChI is InChI=1S/C24H17N3O3S2/c1-29-19-11-10-15(23-25-16-7-3-5-9-21(16)32-23)12-17(19)26-24(31)27-22(28)20-13-14-6-2-4-8-18(14)30-20/h2-13H,1H3,(H2,26,27,28,31). The number of carbonyl (C=O) groups is 1. The average molecular weight is 460 g/mol. The van der Waals surface area contributed by atoms with Gasteiger partial charge in [0.25, 0.3) is 5.91 Å². The number of nitrogens with zero attached hydrogens (tertiary/aromatic N) is 1. The second-order valence-corrected chi connectivity index (χ2v) is 8.40. The lowest BCUT2D eigenvalue weighted by atomic mass is 10.2. The molecule has 6 nitrogen and oxygen atoms in total. The number of anilines is 1. The lowest BCUT2D eigenvalue weighted by Crippen LogP contribution is -2.34. The molecule has 158 valence electrons. The largest absolute Gasteiger partial charge is 0.495 e. The number of hydrogen-bond donors (Lipinski definition) is 2. The van der Waals surface area contributed by atoms with Gasteiger partial charge >= 0.3 is 0 Å². The zero-order valence-electron chi connectivity index (χ0n) is 16.9. The SMILES string of the molecule is COc1ccc(-c2nc3ccccc3s2)cc1NC(=S)NC(=O)c1cc2ccccc2o1. The second-order valence-electron chi connectivity index (χ2n) is 6.96. The summed E-state index contributed by atoms with van der Waals surface area (Å²) in [4.78, 5) is 17.3. The highest BCUT2D eigenvalue weighted by molar-refractivity contribution is 7.80. The first kappa shape index (κ1) is 20.2. The molecule has 8 heteroatoms. The molecule has 0 fully saturated rings. The number of nitrogens with one attached hydrogen (secondary N) is 2. The Hall–Kier alpha value is -3.75. The van der Waals surface area contributed by atoms with Gasteiger partial charge < -0.3 is 14.5 Å². The molecule has 5 rings (SSSR count). The van der Waals surface area contributed by atoms with Gasteiger partial charge in [0, 0.05) is 10.9 Å². The number of ether oxygens (including phenoxy) is 1. The van der Waals surface area contributed by atoms with Crippen LogP contribution in [0, 0.1) is 0 Å². The first-order valence-electron chi connectivity index (χ1n) is 9.75. The van der Waals surface area contributed by atoms with Crippen LogP contribution in [0.5, 0.6) is 5.75 Å². The van der Waals surface area contributed by atoms with Crippen molar-refractivity contribution in [1.82, 2.24) is 10.3 Å². The Bertz CT molecular complexity index is 1410. The zero-order valence-corrected chi connectivity index (χ0v) is 18.5. The van der Waals surface area contributed by atoms with Crippen molar-refractivity contribution in [3.8, 4) is 16.3 Å². The van der Waals surface area contributed by atoms with Crippen LogP contribution in [0.3, 0.4) is 0 Å². The minimum atomic E-state index is -0.431. The average Bonchev–Trinajstić information content (AvgIpc) is 3.43. The Morgan fingerprint density at radius 2 is 1.88 bits per heavy atom. The van der Waals surface area contributed by atoms with E-state index in [0.29, 0.717) is 17.0 Å². The van der Waals surface area contributed by atoms with E-state index in [1.165, 1.54) is 0 Å². The minimum absolute atomic E-state index is 0.134. The molecule has 0 saturated heterocycles. The first-order chi connectivity index (χ1) is 15.6. The fraction of sp³-hybridized carbons (Fsp3) is 0.0417. The highest BCUT2D eigenvalue weighted by Crippen LogP contribution is 2.34. The third kappa shape index (κ3) is 3.93. The first-order valence-corrected chi connectivity index (χ1v) is 11.0. The van der Waals surface area contributed by atoms with E-state index in [-0.39, 0.29) is 10.9 Å². The number of benzene rings is 3. The zero-order chi connectivity index (χ0) is 22.1. The lowest BCUT2D eigenvalue weighted by Gasteiger charge is -2.13. The Balaban J connectivity index is 1.37. The summed E-state index contributed by atoms with van der Waals surface area (Å²) >= 11 is 6.97. The van der Waals surface area contributed by atoms with Crippen LogP contribution in [0.4, 0.5) is 5.69 Å². The maximum atomic E-state index is 12.6. The number of aromatic nitrogens is 1. The number of fused-ring (bicyclic) bond motifs is 2. The molecule has 0 atom stereocenters. The number of rotatable bonds is 4. The second kappa shape index (κ2) is 8.41. The number of carbonyl (C=O) groups excluding carboxylic acids is 1. The molecule has 3 aromatic carbocycles. The number of furan rings is 1. The Kier molecular flexibility index (Phi) is 5.30. The minimum Gasteiger partial charge on any atom is -0.495 e. The molecule has 5 aromatic rings. The van der Waals surface area contributed by atoms with Crippen LogP contribution >= 0.6 is 23.6 Å². The van der Waals surface area contributed by atoms with Crippen LogP contribution in [0.1, 0.15) is 10.6 Å².